The van der Waals surface area contributed by atoms with Gasteiger partial charge in [0.15, 0.2) is 0 Å². The number of anilines is 1. The van der Waals surface area contributed by atoms with E-state index in [1.165, 1.54) is 12.8 Å². The number of carbonyl (C=O) groups excluding carboxylic acids is 2. The van der Waals surface area contributed by atoms with Crippen LogP contribution in [0, 0.1) is 5.92 Å². The van der Waals surface area contributed by atoms with Gasteiger partial charge in [-0.15, -0.1) is 0 Å². The summed E-state index contributed by atoms with van der Waals surface area (Å²) >= 11 is 0. The van der Waals surface area contributed by atoms with Crippen LogP contribution in [0.15, 0.2) is 48.5 Å². The average Bonchev–Trinajstić information content (AvgIpc) is 3.02. The summed E-state index contributed by atoms with van der Waals surface area (Å²) in [6, 6.07) is 14.3. The molecule has 29 heavy (non-hydrogen) atoms. The van der Waals surface area contributed by atoms with Gasteiger partial charge in [0.1, 0.15) is 5.75 Å². The summed E-state index contributed by atoms with van der Waals surface area (Å²) < 4.78 is 5.67. The zero-order valence-electron chi connectivity index (χ0n) is 17.3. The lowest BCUT2D eigenvalue weighted by atomic mass is 10.1. The molecule has 5 heteroatoms. The third-order valence-electron chi connectivity index (χ3n) is 5.00. The van der Waals surface area contributed by atoms with Crippen molar-refractivity contribution < 1.29 is 14.3 Å². The van der Waals surface area contributed by atoms with E-state index in [1.54, 1.807) is 36.4 Å². The average molecular weight is 395 g/mol. The van der Waals surface area contributed by atoms with Crippen molar-refractivity contribution in [2.24, 2.45) is 5.92 Å². The maximum Gasteiger partial charge on any atom is 0.255 e. The van der Waals surface area contributed by atoms with Crippen LogP contribution in [0.3, 0.4) is 0 Å². The van der Waals surface area contributed by atoms with E-state index in [-0.39, 0.29) is 11.8 Å². The van der Waals surface area contributed by atoms with Crippen molar-refractivity contribution in [2.75, 3.05) is 25.0 Å². The summed E-state index contributed by atoms with van der Waals surface area (Å²) in [4.78, 5) is 27.6. The lowest BCUT2D eigenvalue weighted by molar-refractivity contribution is 0.0762. The number of amides is 2. The number of para-hydroxylation sites is 1. The first-order valence-corrected chi connectivity index (χ1v) is 10.5. The molecular weight excluding hydrogens is 364 g/mol. The Balaban J connectivity index is 1.70. The molecule has 0 aromatic heterocycles. The highest BCUT2D eigenvalue weighted by molar-refractivity contribution is 6.09. The van der Waals surface area contributed by atoms with Gasteiger partial charge in [-0.05, 0) is 55.2 Å². The summed E-state index contributed by atoms with van der Waals surface area (Å²) in [5.74, 6) is 0.931. The van der Waals surface area contributed by atoms with Gasteiger partial charge >= 0.3 is 0 Å². The molecule has 1 saturated heterocycles. The van der Waals surface area contributed by atoms with E-state index in [1.807, 2.05) is 17.0 Å². The molecule has 5 nitrogen and oxygen atoms in total. The highest BCUT2D eigenvalue weighted by Gasteiger charge is 2.20. The first-order valence-electron chi connectivity index (χ1n) is 10.5. The van der Waals surface area contributed by atoms with Crippen molar-refractivity contribution >= 4 is 17.5 Å². The summed E-state index contributed by atoms with van der Waals surface area (Å²) in [6.45, 7) is 6.37. The van der Waals surface area contributed by atoms with Crippen LogP contribution in [0.2, 0.25) is 0 Å². The number of rotatable bonds is 6. The molecule has 0 aliphatic carbocycles. The van der Waals surface area contributed by atoms with Gasteiger partial charge in [0.2, 0.25) is 0 Å². The minimum atomic E-state index is -0.239. The number of carbonyl (C=O) groups is 2. The van der Waals surface area contributed by atoms with E-state index in [2.05, 4.69) is 19.2 Å². The molecule has 1 aliphatic heterocycles. The summed E-state index contributed by atoms with van der Waals surface area (Å²) in [6.07, 6.45) is 4.40. The molecule has 1 heterocycles. The maximum atomic E-state index is 13.0. The van der Waals surface area contributed by atoms with Crippen molar-refractivity contribution in [3.8, 4) is 5.75 Å². The fraction of sp³-hybridized carbons (Fsp3) is 0.417. The van der Waals surface area contributed by atoms with Gasteiger partial charge in [-0.3, -0.25) is 9.59 Å². The van der Waals surface area contributed by atoms with Crippen LogP contribution < -0.4 is 10.1 Å². The standard InChI is InChI=1S/C24H30N2O3/c1-18(2)17-29-20-13-11-19(12-14-20)23(27)25-22-10-6-5-9-21(22)24(28)26-15-7-3-4-8-16-26/h5-6,9-14,18H,3-4,7-8,15-17H2,1-2H3,(H,25,27). The zero-order valence-corrected chi connectivity index (χ0v) is 17.3. The number of hydrogen-bond acceptors (Lipinski definition) is 3. The van der Waals surface area contributed by atoms with Crippen LogP contribution in [0.5, 0.6) is 5.75 Å². The quantitative estimate of drug-likeness (QED) is 0.751. The molecule has 0 radical (unpaired) electrons. The lowest BCUT2D eigenvalue weighted by Crippen LogP contribution is -2.32. The van der Waals surface area contributed by atoms with Gasteiger partial charge < -0.3 is 15.0 Å². The van der Waals surface area contributed by atoms with Gasteiger partial charge in [0, 0.05) is 18.7 Å². The Hall–Kier alpha value is -2.82. The SMILES string of the molecule is CC(C)COc1ccc(C(=O)Nc2ccccc2C(=O)N2CCCCCC2)cc1. The van der Waals surface area contributed by atoms with Crippen LogP contribution in [0.25, 0.3) is 0 Å². The third-order valence-corrected chi connectivity index (χ3v) is 5.00. The molecule has 0 unspecified atom stereocenters. The zero-order chi connectivity index (χ0) is 20.6. The normalized spacial score (nSPS) is 14.4. The maximum absolute atomic E-state index is 13.0. The van der Waals surface area contributed by atoms with Crippen molar-refractivity contribution in [3.63, 3.8) is 0 Å². The predicted molar refractivity (Wildman–Crippen MR) is 116 cm³/mol. The lowest BCUT2D eigenvalue weighted by Gasteiger charge is -2.22. The number of hydrogen-bond donors (Lipinski definition) is 1. The van der Waals surface area contributed by atoms with E-state index in [0.717, 1.165) is 31.7 Å². The monoisotopic (exact) mass is 394 g/mol. The second-order valence-electron chi connectivity index (χ2n) is 7.94. The molecule has 1 aliphatic rings. The Morgan fingerprint density at radius 2 is 1.62 bits per heavy atom. The minimum Gasteiger partial charge on any atom is -0.493 e. The van der Waals surface area contributed by atoms with Gasteiger partial charge in [-0.1, -0.05) is 38.8 Å². The van der Waals surface area contributed by atoms with Gasteiger partial charge in [0.25, 0.3) is 11.8 Å². The van der Waals surface area contributed by atoms with E-state index in [4.69, 9.17) is 4.74 Å². The Morgan fingerprint density at radius 1 is 0.966 bits per heavy atom. The molecule has 1 fully saturated rings. The molecular formula is C24H30N2O3. The number of ether oxygens (including phenoxy) is 1. The molecule has 1 N–H and O–H groups in total. The molecule has 0 atom stereocenters. The van der Waals surface area contributed by atoms with Gasteiger partial charge in [-0.25, -0.2) is 0 Å². The fourth-order valence-electron chi connectivity index (χ4n) is 3.38. The highest BCUT2D eigenvalue weighted by atomic mass is 16.5. The van der Waals surface area contributed by atoms with Gasteiger partial charge in [-0.2, -0.15) is 0 Å². The number of likely N-dealkylation sites (tertiary alicyclic amines) is 1. The molecule has 154 valence electrons. The molecule has 2 aromatic rings. The number of nitrogens with one attached hydrogen (secondary N) is 1. The molecule has 3 rings (SSSR count). The molecule has 0 spiro atoms. The second kappa shape index (κ2) is 10.1. The summed E-state index contributed by atoms with van der Waals surface area (Å²) in [7, 11) is 0. The molecule has 0 bridgehead atoms. The predicted octanol–water partition coefficient (Wildman–Crippen LogP) is 4.99. The number of nitrogens with zero attached hydrogens (tertiary/aromatic N) is 1. The summed E-state index contributed by atoms with van der Waals surface area (Å²) in [5, 5.41) is 2.90. The van der Waals surface area contributed by atoms with Crippen LogP contribution in [0.4, 0.5) is 5.69 Å². The van der Waals surface area contributed by atoms with Crippen LogP contribution >= 0.6 is 0 Å². The largest absolute Gasteiger partial charge is 0.493 e. The Labute approximate surface area is 173 Å². The summed E-state index contributed by atoms with van der Waals surface area (Å²) in [5.41, 5.74) is 1.62. The molecule has 2 aromatic carbocycles. The Morgan fingerprint density at radius 3 is 2.28 bits per heavy atom. The van der Waals surface area contributed by atoms with E-state index >= 15 is 0 Å². The van der Waals surface area contributed by atoms with Crippen molar-refractivity contribution in [1.82, 2.24) is 4.90 Å². The van der Waals surface area contributed by atoms with E-state index in [9.17, 15) is 9.59 Å². The van der Waals surface area contributed by atoms with Crippen LogP contribution in [-0.4, -0.2) is 36.4 Å². The van der Waals surface area contributed by atoms with Crippen molar-refractivity contribution in [1.29, 1.82) is 0 Å². The van der Waals surface area contributed by atoms with Gasteiger partial charge in [0.05, 0.1) is 17.9 Å². The Kier molecular flexibility index (Phi) is 7.28. The van der Waals surface area contributed by atoms with Crippen LogP contribution in [0.1, 0.15) is 60.2 Å². The van der Waals surface area contributed by atoms with E-state index in [0.29, 0.717) is 29.3 Å². The smallest absolute Gasteiger partial charge is 0.255 e. The molecule has 2 amide bonds. The first-order chi connectivity index (χ1) is 14.0. The van der Waals surface area contributed by atoms with Crippen LogP contribution in [-0.2, 0) is 0 Å². The highest BCUT2D eigenvalue weighted by Crippen LogP contribution is 2.21. The fourth-order valence-corrected chi connectivity index (χ4v) is 3.38. The second-order valence-corrected chi connectivity index (χ2v) is 7.94. The minimum absolute atomic E-state index is 0.0137. The number of benzene rings is 2. The van der Waals surface area contributed by atoms with Crippen molar-refractivity contribution in [2.45, 2.75) is 39.5 Å². The Bertz CT molecular complexity index is 822. The topological polar surface area (TPSA) is 58.6 Å². The van der Waals surface area contributed by atoms with Crippen molar-refractivity contribution in [3.05, 3.63) is 59.7 Å². The van der Waals surface area contributed by atoms with E-state index < -0.39 is 0 Å². The third kappa shape index (κ3) is 5.83. The first kappa shape index (κ1) is 20.9. The molecule has 0 saturated carbocycles.